The Bertz CT molecular complexity index is 789. The first kappa shape index (κ1) is 17.1. The van der Waals surface area contributed by atoms with Crippen LogP contribution in [0.2, 0.25) is 0 Å². The molecule has 0 unspecified atom stereocenters. The lowest BCUT2D eigenvalue weighted by Crippen LogP contribution is -2.32. The van der Waals surface area contributed by atoms with Crippen LogP contribution in [0.3, 0.4) is 0 Å². The molecule has 1 aliphatic rings. The van der Waals surface area contributed by atoms with Gasteiger partial charge in [-0.15, -0.1) is 0 Å². The van der Waals surface area contributed by atoms with Crippen molar-refractivity contribution < 1.29 is 9.72 Å². The fourth-order valence-electron chi connectivity index (χ4n) is 3.38. The molecule has 0 bridgehead atoms. The highest BCUT2D eigenvalue weighted by molar-refractivity contribution is 5.94. The van der Waals surface area contributed by atoms with Gasteiger partial charge in [-0.2, -0.15) is 5.10 Å². The van der Waals surface area contributed by atoms with Crippen molar-refractivity contribution in [1.29, 1.82) is 0 Å². The van der Waals surface area contributed by atoms with Crippen molar-refractivity contribution in [2.75, 3.05) is 0 Å². The summed E-state index contributed by atoms with van der Waals surface area (Å²) < 4.78 is 1.63. The van der Waals surface area contributed by atoms with Gasteiger partial charge in [0.15, 0.2) is 0 Å². The summed E-state index contributed by atoms with van der Waals surface area (Å²) in [5.41, 5.74) is 2.58. The number of hydrogen-bond donors (Lipinski definition) is 1. The van der Waals surface area contributed by atoms with Gasteiger partial charge in [-0.05, 0) is 44.4 Å². The molecule has 0 spiro atoms. The monoisotopic (exact) mass is 342 g/mol. The van der Waals surface area contributed by atoms with E-state index >= 15 is 0 Å². The third-order valence-corrected chi connectivity index (χ3v) is 4.76. The van der Waals surface area contributed by atoms with E-state index in [9.17, 15) is 14.9 Å². The Kier molecular flexibility index (Phi) is 4.83. The van der Waals surface area contributed by atoms with E-state index in [0.29, 0.717) is 29.5 Å². The predicted octanol–water partition coefficient (Wildman–Crippen LogP) is 3.13. The van der Waals surface area contributed by atoms with Gasteiger partial charge in [-0.1, -0.05) is 25.0 Å². The Labute approximate surface area is 146 Å². The maximum atomic E-state index is 12.2. The van der Waals surface area contributed by atoms with E-state index < -0.39 is 4.92 Å². The molecule has 1 aliphatic carbocycles. The average Bonchev–Trinajstić information content (AvgIpc) is 3.16. The molecular weight excluding hydrogens is 320 g/mol. The minimum Gasteiger partial charge on any atom is -0.349 e. The number of hydrogen-bond acceptors (Lipinski definition) is 4. The normalized spacial score (nSPS) is 14.6. The first-order chi connectivity index (χ1) is 12.0. The zero-order valence-corrected chi connectivity index (χ0v) is 14.5. The molecule has 132 valence electrons. The Morgan fingerprint density at radius 3 is 2.48 bits per heavy atom. The fraction of sp³-hybridized carbons (Fsp3) is 0.444. The zero-order valence-electron chi connectivity index (χ0n) is 14.5. The Balaban J connectivity index is 1.69. The van der Waals surface area contributed by atoms with Crippen LogP contribution in [-0.4, -0.2) is 26.7 Å². The van der Waals surface area contributed by atoms with Crippen LogP contribution < -0.4 is 5.32 Å². The molecule has 7 nitrogen and oxygen atoms in total. The quantitative estimate of drug-likeness (QED) is 0.667. The third-order valence-electron chi connectivity index (χ3n) is 4.76. The Morgan fingerprint density at radius 1 is 1.28 bits per heavy atom. The summed E-state index contributed by atoms with van der Waals surface area (Å²) in [6.07, 6.45) is 4.47. The van der Waals surface area contributed by atoms with Crippen LogP contribution in [0.15, 0.2) is 24.3 Å². The number of amides is 1. The molecule has 0 aliphatic heterocycles. The fourth-order valence-corrected chi connectivity index (χ4v) is 3.38. The summed E-state index contributed by atoms with van der Waals surface area (Å²) in [5.74, 6) is -0.0415. The summed E-state index contributed by atoms with van der Waals surface area (Å²) in [4.78, 5) is 22.9. The molecule has 2 aromatic rings. The van der Waals surface area contributed by atoms with E-state index in [-0.39, 0.29) is 11.6 Å². The molecule has 1 aromatic heterocycles. The van der Waals surface area contributed by atoms with Gasteiger partial charge >= 0.3 is 5.69 Å². The number of nitrogens with one attached hydrogen (secondary N) is 1. The molecule has 7 heteroatoms. The molecule has 25 heavy (non-hydrogen) atoms. The van der Waals surface area contributed by atoms with Crippen molar-refractivity contribution >= 4 is 11.6 Å². The van der Waals surface area contributed by atoms with Crippen molar-refractivity contribution in [1.82, 2.24) is 15.1 Å². The van der Waals surface area contributed by atoms with Crippen LogP contribution in [-0.2, 0) is 6.54 Å². The Morgan fingerprint density at radius 2 is 1.92 bits per heavy atom. The highest BCUT2D eigenvalue weighted by atomic mass is 16.6. The molecule has 1 aromatic carbocycles. The van der Waals surface area contributed by atoms with Gasteiger partial charge in [0.05, 0.1) is 11.5 Å². The van der Waals surface area contributed by atoms with Crippen LogP contribution in [0.25, 0.3) is 0 Å². The first-order valence-electron chi connectivity index (χ1n) is 8.54. The third kappa shape index (κ3) is 3.70. The van der Waals surface area contributed by atoms with Crippen molar-refractivity contribution in [2.24, 2.45) is 0 Å². The minimum atomic E-state index is -0.398. The van der Waals surface area contributed by atoms with E-state index in [1.807, 2.05) is 12.1 Å². The van der Waals surface area contributed by atoms with Crippen LogP contribution in [0, 0.1) is 24.0 Å². The zero-order chi connectivity index (χ0) is 18.0. The molecule has 0 saturated heterocycles. The topological polar surface area (TPSA) is 90.1 Å². The van der Waals surface area contributed by atoms with E-state index in [1.54, 1.807) is 30.7 Å². The molecule has 0 radical (unpaired) electrons. The molecule has 1 heterocycles. The number of aromatic nitrogens is 2. The largest absolute Gasteiger partial charge is 0.349 e. The summed E-state index contributed by atoms with van der Waals surface area (Å²) in [7, 11) is 0. The molecule has 1 fully saturated rings. The first-order valence-corrected chi connectivity index (χ1v) is 8.54. The van der Waals surface area contributed by atoms with Gasteiger partial charge in [0.1, 0.15) is 11.4 Å². The number of nitro groups is 1. The van der Waals surface area contributed by atoms with Gasteiger partial charge in [-0.25, -0.2) is 0 Å². The highest BCUT2D eigenvalue weighted by Gasteiger charge is 2.22. The molecule has 1 saturated carbocycles. The lowest BCUT2D eigenvalue weighted by molar-refractivity contribution is -0.386. The van der Waals surface area contributed by atoms with E-state index in [1.165, 1.54) is 12.8 Å². The van der Waals surface area contributed by atoms with Crippen LogP contribution >= 0.6 is 0 Å². The number of benzene rings is 1. The van der Waals surface area contributed by atoms with Gasteiger partial charge in [0.25, 0.3) is 5.91 Å². The second-order valence-corrected chi connectivity index (χ2v) is 6.59. The predicted molar refractivity (Wildman–Crippen MR) is 93.6 cm³/mol. The van der Waals surface area contributed by atoms with Crippen molar-refractivity contribution in [3.63, 3.8) is 0 Å². The van der Waals surface area contributed by atoms with Crippen molar-refractivity contribution in [3.05, 3.63) is 56.9 Å². The van der Waals surface area contributed by atoms with Gasteiger partial charge < -0.3 is 5.32 Å². The SMILES string of the molecule is Cc1nn(Cc2ccc(C(=O)NC3CCCC3)cc2)c(C)c1[N+](=O)[O-]. The number of aryl methyl sites for hydroxylation is 1. The maximum Gasteiger partial charge on any atom is 0.312 e. The minimum absolute atomic E-state index is 0.0415. The standard InChI is InChI=1S/C18H22N4O3/c1-12-17(22(24)25)13(2)21(20-12)11-14-7-9-15(10-8-14)18(23)19-16-5-3-4-6-16/h7-10,16H,3-6,11H2,1-2H3,(H,19,23). The highest BCUT2D eigenvalue weighted by Crippen LogP contribution is 2.23. The lowest BCUT2D eigenvalue weighted by atomic mass is 10.1. The number of rotatable bonds is 5. The van der Waals surface area contributed by atoms with E-state index in [0.717, 1.165) is 18.4 Å². The molecular formula is C18H22N4O3. The van der Waals surface area contributed by atoms with Crippen molar-refractivity contribution in [2.45, 2.75) is 52.1 Å². The van der Waals surface area contributed by atoms with Gasteiger partial charge in [0, 0.05) is 11.6 Å². The summed E-state index contributed by atoms with van der Waals surface area (Å²) in [6, 6.07) is 7.61. The second kappa shape index (κ2) is 7.04. The second-order valence-electron chi connectivity index (χ2n) is 6.59. The number of nitrogens with zero attached hydrogens (tertiary/aromatic N) is 3. The summed E-state index contributed by atoms with van der Waals surface area (Å²) >= 11 is 0. The van der Waals surface area contributed by atoms with E-state index in [4.69, 9.17) is 0 Å². The smallest absolute Gasteiger partial charge is 0.312 e. The lowest BCUT2D eigenvalue weighted by Gasteiger charge is -2.12. The van der Waals surface area contributed by atoms with Crippen LogP contribution in [0.5, 0.6) is 0 Å². The average molecular weight is 342 g/mol. The van der Waals surface area contributed by atoms with Crippen LogP contribution in [0.4, 0.5) is 5.69 Å². The van der Waals surface area contributed by atoms with Crippen LogP contribution in [0.1, 0.15) is 53.0 Å². The summed E-state index contributed by atoms with van der Waals surface area (Å²) in [6.45, 7) is 3.77. The molecule has 1 amide bonds. The Hall–Kier alpha value is -2.70. The number of carbonyl (C=O) groups is 1. The van der Waals surface area contributed by atoms with Gasteiger partial charge in [-0.3, -0.25) is 19.6 Å². The number of carbonyl (C=O) groups excluding carboxylic acids is 1. The molecule has 0 atom stereocenters. The maximum absolute atomic E-state index is 12.2. The molecule has 3 rings (SSSR count). The van der Waals surface area contributed by atoms with Crippen molar-refractivity contribution in [3.8, 4) is 0 Å². The molecule has 1 N–H and O–H groups in total. The summed E-state index contributed by atoms with van der Waals surface area (Å²) in [5, 5.41) is 18.4. The van der Waals surface area contributed by atoms with Gasteiger partial charge in [0.2, 0.25) is 0 Å². The van der Waals surface area contributed by atoms with E-state index in [2.05, 4.69) is 10.4 Å².